The molecule has 3 heterocycles. The van der Waals surface area contributed by atoms with Crippen LogP contribution in [0.4, 0.5) is 5.88 Å². The fraction of sp³-hybridized carbons (Fsp3) is 0.176. The van der Waals surface area contributed by atoms with Crippen LogP contribution in [0, 0.1) is 13.8 Å². The number of H-pyrrole nitrogens is 1. The van der Waals surface area contributed by atoms with Crippen LogP contribution < -0.4 is 4.72 Å². The van der Waals surface area contributed by atoms with Crippen LogP contribution in [0.1, 0.15) is 11.4 Å². The monoisotopic (exact) mass is 371 g/mol. The third-order valence-corrected chi connectivity index (χ3v) is 5.91. The Labute approximate surface area is 149 Å². The second kappa shape index (κ2) is 5.73. The minimum Gasteiger partial charge on any atom is -0.361 e. The summed E-state index contributed by atoms with van der Waals surface area (Å²) in [5.41, 5.74) is 3.30. The first-order valence-corrected chi connectivity index (χ1v) is 9.41. The lowest BCUT2D eigenvalue weighted by Crippen LogP contribution is -2.14. The number of hydrogen-bond donors (Lipinski definition) is 2. The van der Waals surface area contributed by atoms with E-state index in [0.717, 1.165) is 16.5 Å². The van der Waals surface area contributed by atoms with Gasteiger partial charge in [0.25, 0.3) is 10.0 Å². The molecule has 0 aliphatic carbocycles. The molecule has 0 atom stereocenters. The first kappa shape index (κ1) is 16.4. The van der Waals surface area contributed by atoms with E-state index < -0.39 is 10.0 Å². The van der Waals surface area contributed by atoms with Gasteiger partial charge in [-0.1, -0.05) is 17.3 Å². The highest BCUT2D eigenvalue weighted by Crippen LogP contribution is 2.27. The van der Waals surface area contributed by atoms with E-state index in [1.165, 1.54) is 4.68 Å². The molecule has 0 fully saturated rings. The Bertz CT molecular complexity index is 1220. The molecule has 2 N–H and O–H groups in total. The molecule has 0 amide bonds. The Balaban J connectivity index is 1.65. The lowest BCUT2D eigenvalue weighted by molar-refractivity contribution is 0.438. The number of hydrogen-bond acceptors (Lipinski definition) is 5. The third-order valence-electron chi connectivity index (χ3n) is 4.31. The average Bonchev–Trinajstić information content (AvgIpc) is 3.26. The number of fused-ring (bicyclic) bond motifs is 1. The van der Waals surface area contributed by atoms with Crippen molar-refractivity contribution < 1.29 is 12.9 Å². The molecular formula is C17H17N5O3S. The average molecular weight is 371 g/mol. The van der Waals surface area contributed by atoms with Crippen LogP contribution >= 0.6 is 0 Å². The predicted molar refractivity (Wildman–Crippen MR) is 97.3 cm³/mol. The van der Waals surface area contributed by atoms with Gasteiger partial charge in [0.2, 0.25) is 5.88 Å². The minimum absolute atomic E-state index is 0.0502. The van der Waals surface area contributed by atoms with Gasteiger partial charge < -0.3 is 9.51 Å². The Hall–Kier alpha value is -3.07. The molecule has 0 saturated carbocycles. The Kier molecular flexibility index (Phi) is 3.62. The molecule has 0 bridgehead atoms. The number of rotatable bonds is 4. The van der Waals surface area contributed by atoms with E-state index in [9.17, 15) is 8.42 Å². The van der Waals surface area contributed by atoms with E-state index in [-0.39, 0.29) is 10.8 Å². The summed E-state index contributed by atoms with van der Waals surface area (Å²) in [5, 5.41) is 9.20. The van der Waals surface area contributed by atoms with Gasteiger partial charge in [-0.2, -0.15) is 5.10 Å². The molecule has 8 nitrogen and oxygen atoms in total. The van der Waals surface area contributed by atoms with E-state index in [0.29, 0.717) is 17.1 Å². The SMILES string of the molecule is Cc1nn(C)c(C)c1S(=O)(=O)Nc1cc(-c2ccc3cc[nH]c3c2)no1. The quantitative estimate of drug-likeness (QED) is 0.574. The Morgan fingerprint density at radius 2 is 2.00 bits per heavy atom. The summed E-state index contributed by atoms with van der Waals surface area (Å²) in [6.45, 7) is 3.35. The summed E-state index contributed by atoms with van der Waals surface area (Å²) in [6.07, 6.45) is 1.86. The molecule has 0 aliphatic rings. The highest BCUT2D eigenvalue weighted by molar-refractivity contribution is 7.92. The van der Waals surface area contributed by atoms with Crippen molar-refractivity contribution in [2.75, 3.05) is 4.72 Å². The Morgan fingerprint density at radius 1 is 1.19 bits per heavy atom. The fourth-order valence-electron chi connectivity index (χ4n) is 2.99. The van der Waals surface area contributed by atoms with Crippen molar-refractivity contribution in [2.45, 2.75) is 18.7 Å². The van der Waals surface area contributed by atoms with Crippen LogP contribution in [0.5, 0.6) is 0 Å². The summed E-state index contributed by atoms with van der Waals surface area (Å²) in [6, 6.07) is 9.33. The van der Waals surface area contributed by atoms with E-state index in [1.807, 2.05) is 30.5 Å². The Morgan fingerprint density at radius 3 is 2.73 bits per heavy atom. The molecule has 1 aromatic carbocycles. The molecule has 3 aromatic heterocycles. The van der Waals surface area contributed by atoms with Gasteiger partial charge >= 0.3 is 0 Å². The number of aryl methyl sites for hydroxylation is 2. The molecule has 4 aromatic rings. The van der Waals surface area contributed by atoms with Crippen LogP contribution in [-0.4, -0.2) is 28.3 Å². The molecule has 26 heavy (non-hydrogen) atoms. The number of anilines is 1. The van der Waals surface area contributed by atoms with E-state index in [4.69, 9.17) is 4.52 Å². The van der Waals surface area contributed by atoms with E-state index in [2.05, 4.69) is 20.0 Å². The van der Waals surface area contributed by atoms with Gasteiger partial charge in [-0.15, -0.1) is 0 Å². The van der Waals surface area contributed by atoms with E-state index in [1.54, 1.807) is 27.0 Å². The number of benzene rings is 1. The minimum atomic E-state index is -3.82. The predicted octanol–water partition coefficient (Wildman–Crippen LogP) is 2.97. The topological polar surface area (TPSA) is 106 Å². The third kappa shape index (κ3) is 2.66. The second-order valence-corrected chi connectivity index (χ2v) is 7.70. The zero-order chi connectivity index (χ0) is 18.5. The van der Waals surface area contributed by atoms with Crippen molar-refractivity contribution in [2.24, 2.45) is 7.05 Å². The van der Waals surface area contributed by atoms with Gasteiger partial charge in [0.1, 0.15) is 10.6 Å². The number of nitrogens with one attached hydrogen (secondary N) is 2. The van der Waals surface area contributed by atoms with E-state index >= 15 is 0 Å². The van der Waals surface area contributed by atoms with Crippen molar-refractivity contribution in [1.29, 1.82) is 0 Å². The van der Waals surface area contributed by atoms with Gasteiger partial charge in [0, 0.05) is 30.4 Å². The highest BCUT2D eigenvalue weighted by Gasteiger charge is 2.25. The molecule has 9 heteroatoms. The van der Waals surface area contributed by atoms with Crippen molar-refractivity contribution in [1.82, 2.24) is 19.9 Å². The van der Waals surface area contributed by atoms with Crippen LogP contribution in [0.25, 0.3) is 22.2 Å². The molecule has 0 unspecified atom stereocenters. The molecule has 0 spiro atoms. The van der Waals surface area contributed by atoms with Gasteiger partial charge in [0.05, 0.1) is 11.4 Å². The van der Waals surface area contributed by atoms with Crippen molar-refractivity contribution in [3.63, 3.8) is 0 Å². The zero-order valence-electron chi connectivity index (χ0n) is 14.4. The number of sulfonamides is 1. The zero-order valence-corrected chi connectivity index (χ0v) is 15.3. The smallest absolute Gasteiger partial charge is 0.267 e. The molecule has 0 saturated heterocycles. The second-order valence-electron chi connectivity index (χ2n) is 6.09. The molecular weight excluding hydrogens is 354 g/mol. The van der Waals surface area contributed by atoms with Crippen LogP contribution in [-0.2, 0) is 17.1 Å². The maximum atomic E-state index is 12.7. The largest absolute Gasteiger partial charge is 0.361 e. The van der Waals surface area contributed by atoms with Gasteiger partial charge in [-0.3, -0.25) is 4.68 Å². The van der Waals surface area contributed by atoms with Gasteiger partial charge in [-0.05, 0) is 31.4 Å². The summed E-state index contributed by atoms with van der Waals surface area (Å²) in [5.74, 6) is 0.0502. The number of nitrogens with zero attached hydrogens (tertiary/aromatic N) is 3. The lowest BCUT2D eigenvalue weighted by atomic mass is 10.1. The normalized spacial score (nSPS) is 12.0. The van der Waals surface area contributed by atoms with Crippen LogP contribution in [0.15, 0.2) is 45.9 Å². The fourth-order valence-corrected chi connectivity index (χ4v) is 4.41. The van der Waals surface area contributed by atoms with Gasteiger partial charge in [-0.25, -0.2) is 13.1 Å². The molecule has 134 valence electrons. The molecule has 4 rings (SSSR count). The standard InChI is InChI=1S/C17H17N5O3S/c1-10-17(11(2)22(3)19-10)26(23,24)21-16-9-15(20-25-16)13-5-4-12-6-7-18-14(12)8-13/h4-9,18,21H,1-3H3. The van der Waals surface area contributed by atoms with Crippen molar-refractivity contribution >= 4 is 26.8 Å². The maximum Gasteiger partial charge on any atom is 0.267 e. The maximum absolute atomic E-state index is 12.7. The summed E-state index contributed by atoms with van der Waals surface area (Å²) in [4.78, 5) is 3.28. The molecule has 0 radical (unpaired) electrons. The van der Waals surface area contributed by atoms with Gasteiger partial charge in [0.15, 0.2) is 0 Å². The summed E-state index contributed by atoms with van der Waals surface area (Å²) < 4.78 is 34.5. The first-order chi connectivity index (χ1) is 12.3. The number of aromatic amines is 1. The first-order valence-electron chi connectivity index (χ1n) is 7.92. The van der Waals surface area contributed by atoms with Crippen LogP contribution in [0.2, 0.25) is 0 Å². The van der Waals surface area contributed by atoms with Crippen LogP contribution in [0.3, 0.4) is 0 Å². The van der Waals surface area contributed by atoms with Crippen molar-refractivity contribution in [3.8, 4) is 11.3 Å². The molecule has 0 aliphatic heterocycles. The van der Waals surface area contributed by atoms with Crippen molar-refractivity contribution in [3.05, 3.63) is 47.9 Å². The summed E-state index contributed by atoms with van der Waals surface area (Å²) in [7, 11) is -2.12. The summed E-state index contributed by atoms with van der Waals surface area (Å²) >= 11 is 0. The highest BCUT2D eigenvalue weighted by atomic mass is 32.2. The lowest BCUT2D eigenvalue weighted by Gasteiger charge is -2.04. The number of aromatic nitrogens is 4.